The van der Waals surface area contributed by atoms with E-state index in [-0.39, 0.29) is 11.1 Å². The predicted molar refractivity (Wildman–Crippen MR) is 71.7 cm³/mol. The first-order valence-corrected chi connectivity index (χ1v) is 6.29. The van der Waals surface area contributed by atoms with Gasteiger partial charge in [-0.25, -0.2) is 4.79 Å². The molecule has 0 fully saturated rings. The second kappa shape index (κ2) is 4.57. The number of hydrogen-bond acceptors (Lipinski definition) is 1. The molecule has 0 spiro atoms. The fourth-order valence-corrected chi connectivity index (χ4v) is 2.49. The lowest BCUT2D eigenvalue weighted by molar-refractivity contribution is 0.770. The third-order valence-corrected chi connectivity index (χ3v) is 3.67. The van der Waals surface area contributed by atoms with Gasteiger partial charge in [0.25, 0.3) is 0 Å². The summed E-state index contributed by atoms with van der Waals surface area (Å²) in [4.78, 5) is 11.8. The van der Waals surface area contributed by atoms with Gasteiger partial charge in [0, 0.05) is 14.1 Å². The molecule has 2 rings (SSSR count). The molecule has 1 atom stereocenters. The van der Waals surface area contributed by atoms with Crippen molar-refractivity contribution >= 4 is 22.6 Å². The Morgan fingerprint density at radius 2 is 1.88 bits per heavy atom. The molecule has 0 saturated heterocycles. The van der Waals surface area contributed by atoms with E-state index in [1.165, 1.54) is 0 Å². The predicted octanol–water partition coefficient (Wildman–Crippen LogP) is 2.96. The van der Waals surface area contributed by atoms with E-state index >= 15 is 0 Å². The van der Waals surface area contributed by atoms with Gasteiger partial charge in [0.1, 0.15) is 0 Å². The van der Waals surface area contributed by atoms with Crippen LogP contribution in [-0.2, 0) is 14.1 Å². The number of nitrogens with zero attached hydrogens (tertiary/aromatic N) is 2. The van der Waals surface area contributed by atoms with Gasteiger partial charge in [-0.1, -0.05) is 19.4 Å². The monoisotopic (exact) mass is 252 g/mol. The van der Waals surface area contributed by atoms with Crippen molar-refractivity contribution in [3.05, 3.63) is 34.2 Å². The molecule has 3 nitrogen and oxygen atoms in total. The van der Waals surface area contributed by atoms with Crippen LogP contribution in [0, 0.1) is 0 Å². The Bertz CT molecular complexity index is 597. The zero-order valence-corrected chi connectivity index (χ0v) is 11.2. The van der Waals surface area contributed by atoms with Gasteiger partial charge < -0.3 is 0 Å². The van der Waals surface area contributed by atoms with Gasteiger partial charge in [-0.05, 0) is 24.1 Å². The number of hydrogen-bond donors (Lipinski definition) is 0. The van der Waals surface area contributed by atoms with Crippen molar-refractivity contribution in [3.63, 3.8) is 0 Å². The van der Waals surface area contributed by atoms with Gasteiger partial charge in [-0.15, -0.1) is 11.6 Å². The van der Waals surface area contributed by atoms with Crippen molar-refractivity contribution in [2.75, 3.05) is 0 Å². The Balaban J connectivity index is 2.58. The van der Waals surface area contributed by atoms with Crippen LogP contribution < -0.4 is 5.69 Å². The molecule has 0 N–H and O–H groups in total. The summed E-state index contributed by atoms with van der Waals surface area (Å²) in [6.07, 6.45) is 2.01. The first-order valence-electron chi connectivity index (χ1n) is 5.85. The summed E-state index contributed by atoms with van der Waals surface area (Å²) in [6.45, 7) is 2.12. The van der Waals surface area contributed by atoms with E-state index < -0.39 is 0 Å². The number of benzene rings is 1. The van der Waals surface area contributed by atoms with E-state index in [1.54, 1.807) is 23.2 Å². The molecule has 1 aromatic heterocycles. The summed E-state index contributed by atoms with van der Waals surface area (Å²) in [7, 11) is 3.58. The van der Waals surface area contributed by atoms with Crippen LogP contribution in [0.25, 0.3) is 11.0 Å². The lowest BCUT2D eigenvalue weighted by Gasteiger charge is -2.08. The number of fused-ring (bicyclic) bond motifs is 1. The maximum Gasteiger partial charge on any atom is 0.328 e. The molecule has 1 heterocycles. The van der Waals surface area contributed by atoms with Crippen molar-refractivity contribution < 1.29 is 0 Å². The second-order valence-electron chi connectivity index (χ2n) is 4.40. The molecule has 4 heteroatoms. The first-order chi connectivity index (χ1) is 8.06. The van der Waals surface area contributed by atoms with Gasteiger partial charge in [0.15, 0.2) is 0 Å². The van der Waals surface area contributed by atoms with Crippen molar-refractivity contribution in [2.24, 2.45) is 14.1 Å². The Labute approximate surface area is 106 Å². The van der Waals surface area contributed by atoms with E-state index in [0.717, 1.165) is 29.4 Å². The summed E-state index contributed by atoms with van der Waals surface area (Å²) >= 11 is 6.31. The minimum atomic E-state index is -0.00114. The highest BCUT2D eigenvalue weighted by Gasteiger charge is 2.11. The summed E-state index contributed by atoms with van der Waals surface area (Å²) in [5, 5.41) is 0.0275. The zero-order valence-electron chi connectivity index (χ0n) is 10.4. The fraction of sp³-hybridized carbons (Fsp3) is 0.462. The van der Waals surface area contributed by atoms with E-state index in [9.17, 15) is 4.79 Å². The largest absolute Gasteiger partial charge is 0.328 e. The maximum atomic E-state index is 11.8. The van der Waals surface area contributed by atoms with E-state index in [4.69, 9.17) is 11.6 Å². The van der Waals surface area contributed by atoms with Crippen molar-refractivity contribution in [2.45, 2.75) is 25.1 Å². The highest BCUT2D eigenvalue weighted by molar-refractivity contribution is 6.20. The Kier molecular flexibility index (Phi) is 3.29. The highest BCUT2D eigenvalue weighted by atomic mass is 35.5. The number of alkyl halides is 1. The van der Waals surface area contributed by atoms with Crippen molar-refractivity contribution in [3.8, 4) is 0 Å². The van der Waals surface area contributed by atoms with Crippen molar-refractivity contribution in [1.82, 2.24) is 9.13 Å². The Morgan fingerprint density at radius 1 is 1.24 bits per heavy atom. The molecular weight excluding hydrogens is 236 g/mol. The van der Waals surface area contributed by atoms with E-state index in [0.29, 0.717) is 0 Å². The van der Waals surface area contributed by atoms with Crippen LogP contribution in [0.5, 0.6) is 0 Å². The van der Waals surface area contributed by atoms with Gasteiger partial charge in [0.2, 0.25) is 0 Å². The van der Waals surface area contributed by atoms with E-state index in [1.807, 2.05) is 18.2 Å². The average Bonchev–Trinajstić information content (AvgIpc) is 2.55. The summed E-state index contributed by atoms with van der Waals surface area (Å²) in [5.41, 5.74) is 2.97. The lowest BCUT2D eigenvalue weighted by atomic mass is 10.1. The van der Waals surface area contributed by atoms with Crippen molar-refractivity contribution in [1.29, 1.82) is 0 Å². The van der Waals surface area contributed by atoms with Crippen LogP contribution in [-0.4, -0.2) is 9.13 Å². The molecule has 0 bridgehead atoms. The molecule has 0 amide bonds. The standard InChI is InChI=1S/C13H17ClN2O/c1-4-5-10(14)9-6-7-11-12(8-9)16(3)13(17)15(11)2/h6-8,10H,4-5H2,1-3H3. The Hall–Kier alpha value is -1.22. The summed E-state index contributed by atoms with van der Waals surface area (Å²) < 4.78 is 3.32. The molecule has 17 heavy (non-hydrogen) atoms. The second-order valence-corrected chi connectivity index (χ2v) is 4.93. The van der Waals surface area contributed by atoms with E-state index in [2.05, 4.69) is 6.92 Å². The smallest absolute Gasteiger partial charge is 0.295 e. The van der Waals surface area contributed by atoms with Gasteiger partial charge in [-0.2, -0.15) is 0 Å². The Morgan fingerprint density at radius 3 is 2.53 bits per heavy atom. The normalized spacial score (nSPS) is 13.2. The van der Waals surface area contributed by atoms with Gasteiger partial charge in [-0.3, -0.25) is 9.13 Å². The number of rotatable bonds is 3. The van der Waals surface area contributed by atoms with Crippen LogP contribution in [0.3, 0.4) is 0 Å². The molecule has 0 aliphatic rings. The number of aryl methyl sites for hydroxylation is 2. The number of imidazole rings is 1. The molecule has 1 aromatic carbocycles. The molecule has 92 valence electrons. The van der Waals surface area contributed by atoms with Crippen LogP contribution in [0.4, 0.5) is 0 Å². The molecular formula is C13H17ClN2O. The minimum absolute atomic E-state index is 0.00114. The van der Waals surface area contributed by atoms with Crippen LogP contribution in [0.2, 0.25) is 0 Å². The zero-order chi connectivity index (χ0) is 12.6. The molecule has 2 aromatic rings. The lowest BCUT2D eigenvalue weighted by Crippen LogP contribution is -2.19. The molecule has 0 saturated carbocycles. The quantitative estimate of drug-likeness (QED) is 0.772. The SMILES string of the molecule is CCCC(Cl)c1ccc2c(c1)n(C)c(=O)n2C. The number of aromatic nitrogens is 2. The topological polar surface area (TPSA) is 26.9 Å². The fourth-order valence-electron chi connectivity index (χ4n) is 2.14. The first kappa shape index (κ1) is 12.2. The van der Waals surface area contributed by atoms with Gasteiger partial charge in [0.05, 0.1) is 16.4 Å². The minimum Gasteiger partial charge on any atom is -0.295 e. The maximum absolute atomic E-state index is 11.8. The summed E-state index contributed by atoms with van der Waals surface area (Å²) in [5.74, 6) is 0. The third kappa shape index (κ3) is 2.00. The van der Waals surface area contributed by atoms with Crippen LogP contribution in [0.15, 0.2) is 23.0 Å². The van der Waals surface area contributed by atoms with Crippen LogP contribution in [0.1, 0.15) is 30.7 Å². The number of halogens is 1. The summed E-state index contributed by atoms with van der Waals surface area (Å²) in [6, 6.07) is 6.00. The molecule has 0 radical (unpaired) electrons. The van der Waals surface area contributed by atoms with Crippen LogP contribution >= 0.6 is 11.6 Å². The molecule has 0 aliphatic heterocycles. The molecule has 1 unspecified atom stereocenters. The molecule has 0 aliphatic carbocycles. The average molecular weight is 253 g/mol. The highest BCUT2D eigenvalue weighted by Crippen LogP contribution is 2.27. The van der Waals surface area contributed by atoms with Gasteiger partial charge >= 0.3 is 5.69 Å². The third-order valence-electron chi connectivity index (χ3n) is 3.20.